The lowest BCUT2D eigenvalue weighted by Gasteiger charge is -2.33. The monoisotopic (exact) mass is 466 g/mol. The predicted octanol–water partition coefficient (Wildman–Crippen LogP) is 3.82. The largest absolute Gasteiger partial charge is 0.464 e. The van der Waals surface area contributed by atoms with Gasteiger partial charge >= 0.3 is 5.97 Å². The van der Waals surface area contributed by atoms with Crippen LogP contribution in [0.5, 0.6) is 0 Å². The minimum atomic E-state index is -0.684. The highest BCUT2D eigenvalue weighted by Gasteiger charge is 2.30. The molecule has 0 aliphatic carbocycles. The van der Waals surface area contributed by atoms with Crippen LogP contribution in [0.1, 0.15) is 35.8 Å². The first-order valence-electron chi connectivity index (χ1n) is 11.4. The number of hydrogen-bond donors (Lipinski definition) is 1. The van der Waals surface area contributed by atoms with E-state index in [2.05, 4.69) is 34.0 Å². The number of nitrogens with zero attached hydrogens (tertiary/aromatic N) is 3. The van der Waals surface area contributed by atoms with Crippen molar-refractivity contribution in [3.8, 4) is 0 Å². The van der Waals surface area contributed by atoms with Crippen LogP contribution in [0.15, 0.2) is 36.7 Å². The number of ether oxygens (including phenoxy) is 1. The van der Waals surface area contributed by atoms with Crippen LogP contribution in [0.2, 0.25) is 0 Å². The molecule has 4 rings (SSSR count). The highest BCUT2D eigenvalue weighted by Crippen LogP contribution is 2.35. The minimum Gasteiger partial charge on any atom is -0.464 e. The summed E-state index contributed by atoms with van der Waals surface area (Å²) in [6.07, 6.45) is 3.46. The van der Waals surface area contributed by atoms with Crippen LogP contribution in [0.3, 0.4) is 0 Å². The molecule has 1 aliphatic heterocycles. The molecule has 2 aromatic heterocycles. The van der Waals surface area contributed by atoms with Gasteiger partial charge in [-0.15, -0.1) is 11.3 Å². The van der Waals surface area contributed by atoms with E-state index in [1.165, 1.54) is 10.4 Å². The summed E-state index contributed by atoms with van der Waals surface area (Å²) < 4.78 is 5.22. The first-order chi connectivity index (χ1) is 16.0. The topological polar surface area (TPSA) is 84.4 Å². The zero-order valence-electron chi connectivity index (χ0n) is 19.3. The Morgan fingerprint density at radius 2 is 1.91 bits per heavy atom. The smallest absolute Gasteiger partial charge is 0.328 e. The van der Waals surface area contributed by atoms with Gasteiger partial charge in [0.15, 0.2) is 0 Å². The van der Waals surface area contributed by atoms with Crippen molar-refractivity contribution < 1.29 is 14.3 Å². The van der Waals surface area contributed by atoms with Crippen LogP contribution in [0, 0.1) is 19.8 Å². The van der Waals surface area contributed by atoms with Crippen molar-refractivity contribution in [2.45, 2.75) is 46.1 Å². The Labute approximate surface area is 198 Å². The Morgan fingerprint density at radius 1 is 1.18 bits per heavy atom. The molecular formula is C25H30N4O3S. The second-order valence-electron chi connectivity index (χ2n) is 8.42. The van der Waals surface area contributed by atoms with Gasteiger partial charge in [-0.3, -0.25) is 4.79 Å². The average Bonchev–Trinajstić information content (AvgIpc) is 3.13. The first-order valence-corrected chi connectivity index (χ1v) is 12.3. The Morgan fingerprint density at radius 3 is 2.61 bits per heavy atom. The highest BCUT2D eigenvalue weighted by molar-refractivity contribution is 7.18. The van der Waals surface area contributed by atoms with Crippen molar-refractivity contribution in [3.63, 3.8) is 0 Å². The van der Waals surface area contributed by atoms with Gasteiger partial charge in [0.05, 0.1) is 12.0 Å². The molecular weight excluding hydrogens is 436 g/mol. The summed E-state index contributed by atoms with van der Waals surface area (Å²) >= 11 is 1.69. The van der Waals surface area contributed by atoms with Crippen LogP contribution in [0.4, 0.5) is 5.82 Å². The molecule has 3 aromatic rings. The Balaban J connectivity index is 1.41. The Bertz CT molecular complexity index is 1120. The maximum absolute atomic E-state index is 13.1. The van der Waals surface area contributed by atoms with E-state index in [0.29, 0.717) is 19.3 Å². The normalized spacial score (nSPS) is 15.4. The van der Waals surface area contributed by atoms with Gasteiger partial charge in [-0.2, -0.15) is 0 Å². The quantitative estimate of drug-likeness (QED) is 0.533. The van der Waals surface area contributed by atoms with Gasteiger partial charge in [-0.25, -0.2) is 14.8 Å². The zero-order chi connectivity index (χ0) is 23.4. The number of carbonyl (C=O) groups is 2. The van der Waals surface area contributed by atoms with E-state index in [4.69, 9.17) is 4.74 Å². The molecule has 0 bridgehead atoms. The van der Waals surface area contributed by atoms with Crippen LogP contribution >= 0.6 is 11.3 Å². The van der Waals surface area contributed by atoms with Gasteiger partial charge in [0.2, 0.25) is 5.91 Å². The first kappa shape index (κ1) is 23.2. The number of hydrogen-bond acceptors (Lipinski definition) is 7. The summed E-state index contributed by atoms with van der Waals surface area (Å²) in [5.74, 6) is 0.337. The van der Waals surface area contributed by atoms with Crippen molar-refractivity contribution in [2.75, 3.05) is 24.6 Å². The van der Waals surface area contributed by atoms with Gasteiger partial charge in [0.1, 0.15) is 23.0 Å². The lowest BCUT2D eigenvalue weighted by atomic mass is 9.94. The van der Waals surface area contributed by atoms with Crippen molar-refractivity contribution in [3.05, 3.63) is 52.7 Å². The van der Waals surface area contributed by atoms with Crippen molar-refractivity contribution in [1.29, 1.82) is 0 Å². The SMILES string of the molecule is CCOC(=O)C(Cc1ccccc1)NC(=O)C1CCN(c2ncnc3sc(C)c(C)c23)CC1. The molecule has 1 atom stereocenters. The number of carbonyl (C=O) groups excluding carboxylic acids is 2. The molecule has 1 saturated heterocycles. The Hall–Kier alpha value is -3.00. The fourth-order valence-corrected chi connectivity index (χ4v) is 5.32. The van der Waals surface area contributed by atoms with E-state index < -0.39 is 6.04 Å². The number of piperidine rings is 1. The maximum atomic E-state index is 13.1. The summed E-state index contributed by atoms with van der Waals surface area (Å²) in [5, 5.41) is 4.08. The summed E-state index contributed by atoms with van der Waals surface area (Å²) in [5.41, 5.74) is 2.21. The molecule has 8 heteroatoms. The van der Waals surface area contributed by atoms with E-state index in [0.717, 1.165) is 34.7 Å². The zero-order valence-corrected chi connectivity index (χ0v) is 20.2. The van der Waals surface area contributed by atoms with Crippen molar-refractivity contribution >= 4 is 39.2 Å². The molecule has 1 unspecified atom stereocenters. The van der Waals surface area contributed by atoms with Gasteiger partial charge in [0.25, 0.3) is 0 Å². The van der Waals surface area contributed by atoms with E-state index >= 15 is 0 Å². The van der Waals surface area contributed by atoms with Crippen LogP contribution < -0.4 is 10.2 Å². The molecule has 0 saturated carbocycles. The third-order valence-electron chi connectivity index (χ3n) is 6.28. The van der Waals surface area contributed by atoms with Crippen molar-refractivity contribution in [1.82, 2.24) is 15.3 Å². The number of aryl methyl sites for hydroxylation is 2. The lowest BCUT2D eigenvalue weighted by Crippen LogP contribution is -2.48. The molecule has 7 nitrogen and oxygen atoms in total. The van der Waals surface area contributed by atoms with Gasteiger partial charge in [0, 0.05) is 30.3 Å². The van der Waals surface area contributed by atoms with Gasteiger partial charge < -0.3 is 15.0 Å². The average molecular weight is 467 g/mol. The second-order valence-corrected chi connectivity index (χ2v) is 9.63. The number of aromatic nitrogens is 2. The summed E-state index contributed by atoms with van der Waals surface area (Å²) in [6.45, 7) is 7.76. The standard InChI is InChI=1S/C25H30N4O3S/c1-4-32-25(31)20(14-18-8-6-5-7-9-18)28-23(30)19-10-12-29(13-11-19)22-21-16(2)17(3)33-24(21)27-15-26-22/h5-9,15,19-20H,4,10-14H2,1-3H3,(H,28,30). The summed E-state index contributed by atoms with van der Waals surface area (Å²) in [6, 6.07) is 9.00. The van der Waals surface area contributed by atoms with E-state index in [1.54, 1.807) is 24.6 Å². The third kappa shape index (κ3) is 5.16. The number of benzene rings is 1. The van der Waals surface area contributed by atoms with E-state index in [-0.39, 0.29) is 24.4 Å². The fraction of sp³-hybridized carbons (Fsp3) is 0.440. The molecule has 33 heavy (non-hydrogen) atoms. The number of amides is 1. The molecule has 174 valence electrons. The molecule has 1 amide bonds. The molecule has 1 N–H and O–H groups in total. The lowest BCUT2D eigenvalue weighted by molar-refractivity contribution is -0.147. The number of anilines is 1. The highest BCUT2D eigenvalue weighted by atomic mass is 32.1. The Kier molecular flexibility index (Phi) is 7.23. The van der Waals surface area contributed by atoms with E-state index in [1.807, 2.05) is 30.3 Å². The van der Waals surface area contributed by atoms with Crippen LogP contribution in [-0.4, -0.2) is 47.6 Å². The molecule has 0 radical (unpaired) electrons. The number of fused-ring (bicyclic) bond motifs is 1. The summed E-state index contributed by atoms with van der Waals surface area (Å²) in [4.78, 5) is 39.1. The van der Waals surface area contributed by atoms with Crippen molar-refractivity contribution in [2.24, 2.45) is 5.92 Å². The van der Waals surface area contributed by atoms with Gasteiger partial charge in [-0.05, 0) is 44.7 Å². The van der Waals surface area contributed by atoms with E-state index in [9.17, 15) is 9.59 Å². The number of nitrogens with one attached hydrogen (secondary N) is 1. The predicted molar refractivity (Wildman–Crippen MR) is 131 cm³/mol. The molecule has 3 heterocycles. The molecule has 1 aliphatic rings. The maximum Gasteiger partial charge on any atom is 0.328 e. The number of thiophene rings is 1. The fourth-order valence-electron chi connectivity index (χ4n) is 4.33. The van der Waals surface area contributed by atoms with Gasteiger partial charge in [-0.1, -0.05) is 30.3 Å². The third-order valence-corrected chi connectivity index (χ3v) is 7.40. The molecule has 0 spiro atoms. The second kappa shape index (κ2) is 10.3. The van der Waals surface area contributed by atoms with Crippen LogP contribution in [0.25, 0.3) is 10.2 Å². The van der Waals surface area contributed by atoms with Crippen LogP contribution in [-0.2, 0) is 20.7 Å². The number of esters is 1. The minimum absolute atomic E-state index is 0.0842. The molecule has 1 fully saturated rings. The number of rotatable bonds is 7. The molecule has 1 aromatic carbocycles. The summed E-state index contributed by atoms with van der Waals surface area (Å²) in [7, 11) is 0.